The highest BCUT2D eigenvalue weighted by Gasteiger charge is 2.59. The Labute approximate surface area is 189 Å². The van der Waals surface area contributed by atoms with Gasteiger partial charge in [-0.2, -0.15) is 0 Å². The maximum absolute atomic E-state index is 11.9. The quantitative estimate of drug-likeness (QED) is 0.240. The van der Waals surface area contributed by atoms with Crippen LogP contribution >= 0.6 is 0 Å². The molecule has 1 saturated heterocycles. The molecule has 0 unspecified atom stereocenters. The molecule has 0 bridgehead atoms. The SMILES string of the molecule is COc1ccc(COC[C@H](C)[C@H]2O[C@]2(C)[C@@H](C)[C@H](C=O)CO[Si](C)(C)C(C)(C)C)cc1. The molecule has 0 aromatic heterocycles. The summed E-state index contributed by atoms with van der Waals surface area (Å²) in [5.41, 5.74) is 0.801. The molecule has 0 radical (unpaired) electrons. The van der Waals surface area contributed by atoms with E-state index < -0.39 is 8.32 Å². The minimum absolute atomic E-state index is 0.0869. The Kier molecular flexibility index (Phi) is 8.53. The van der Waals surface area contributed by atoms with Gasteiger partial charge in [-0.3, -0.25) is 0 Å². The number of methoxy groups -OCH3 is 1. The lowest BCUT2D eigenvalue weighted by molar-refractivity contribution is -0.114. The molecule has 1 aromatic rings. The van der Waals surface area contributed by atoms with Crippen molar-refractivity contribution in [2.45, 2.75) is 78.0 Å². The van der Waals surface area contributed by atoms with Crippen LogP contribution in [0.4, 0.5) is 0 Å². The van der Waals surface area contributed by atoms with Crippen molar-refractivity contribution in [3.05, 3.63) is 29.8 Å². The summed E-state index contributed by atoms with van der Waals surface area (Å²) < 4.78 is 23.6. The molecular weight excluding hydrogens is 408 g/mol. The van der Waals surface area contributed by atoms with Crippen LogP contribution in [0, 0.1) is 17.8 Å². The number of epoxide rings is 1. The van der Waals surface area contributed by atoms with Gasteiger partial charge < -0.3 is 23.4 Å². The summed E-state index contributed by atoms with van der Waals surface area (Å²) >= 11 is 0. The van der Waals surface area contributed by atoms with Crippen LogP contribution in [0.1, 0.15) is 47.1 Å². The summed E-state index contributed by atoms with van der Waals surface area (Å²) in [6.45, 7) is 19.1. The summed E-state index contributed by atoms with van der Waals surface area (Å²) in [5, 5.41) is 0.127. The number of rotatable bonds is 12. The zero-order valence-electron chi connectivity index (χ0n) is 20.9. The molecule has 0 saturated carbocycles. The van der Waals surface area contributed by atoms with E-state index in [1.807, 2.05) is 24.3 Å². The van der Waals surface area contributed by atoms with Gasteiger partial charge >= 0.3 is 0 Å². The molecule has 1 fully saturated rings. The van der Waals surface area contributed by atoms with E-state index in [9.17, 15) is 4.79 Å². The highest BCUT2D eigenvalue weighted by molar-refractivity contribution is 6.74. The number of aldehydes is 1. The smallest absolute Gasteiger partial charge is 0.192 e. The second-order valence-corrected chi connectivity index (χ2v) is 15.5. The number of carbonyl (C=O) groups excluding carboxylic acids is 1. The minimum atomic E-state index is -1.89. The first-order chi connectivity index (χ1) is 14.4. The van der Waals surface area contributed by atoms with Gasteiger partial charge in [0.15, 0.2) is 8.32 Å². The van der Waals surface area contributed by atoms with Crippen LogP contribution in [0.3, 0.4) is 0 Å². The van der Waals surface area contributed by atoms with Crippen LogP contribution in [-0.2, 0) is 25.3 Å². The van der Waals surface area contributed by atoms with E-state index >= 15 is 0 Å². The van der Waals surface area contributed by atoms with Gasteiger partial charge in [0.2, 0.25) is 0 Å². The second kappa shape index (κ2) is 10.2. The Balaban J connectivity index is 1.85. The minimum Gasteiger partial charge on any atom is -0.497 e. The standard InChI is InChI=1S/C25H42O5Si/c1-18(15-28-16-20-10-12-22(27-7)13-11-20)23-25(6,30-23)19(2)21(14-26)17-29-31(8,9)24(3,4)5/h10-14,18-19,21,23H,15-17H2,1-9H3/t18-,19-,21+,23+,25+/m0/s1. The third-order valence-electron chi connectivity index (χ3n) is 7.38. The molecule has 31 heavy (non-hydrogen) atoms. The van der Waals surface area contributed by atoms with E-state index in [1.54, 1.807) is 7.11 Å². The molecular formula is C25H42O5Si. The fourth-order valence-corrected chi connectivity index (χ4v) is 4.75. The van der Waals surface area contributed by atoms with Crippen molar-refractivity contribution in [1.29, 1.82) is 0 Å². The lowest BCUT2D eigenvalue weighted by Gasteiger charge is -2.37. The molecule has 5 atom stereocenters. The third kappa shape index (κ3) is 6.41. The highest BCUT2D eigenvalue weighted by atomic mass is 28.4. The number of carbonyl (C=O) groups is 1. The summed E-state index contributed by atoms with van der Waals surface area (Å²) in [7, 11) is -0.229. The van der Waals surface area contributed by atoms with Crippen molar-refractivity contribution in [2.24, 2.45) is 17.8 Å². The van der Waals surface area contributed by atoms with Gasteiger partial charge in [-0.25, -0.2) is 0 Å². The van der Waals surface area contributed by atoms with Gasteiger partial charge in [0.05, 0.1) is 32.0 Å². The van der Waals surface area contributed by atoms with Crippen molar-refractivity contribution < 1.29 is 23.4 Å². The predicted octanol–water partition coefficient (Wildman–Crippen LogP) is 5.48. The van der Waals surface area contributed by atoms with Gasteiger partial charge in [-0.15, -0.1) is 0 Å². The zero-order chi connectivity index (χ0) is 23.4. The largest absolute Gasteiger partial charge is 0.497 e. The topological polar surface area (TPSA) is 57.3 Å². The molecule has 1 aromatic carbocycles. The van der Waals surface area contributed by atoms with E-state index in [0.29, 0.717) is 19.8 Å². The van der Waals surface area contributed by atoms with Crippen molar-refractivity contribution in [3.63, 3.8) is 0 Å². The molecule has 0 amide bonds. The van der Waals surface area contributed by atoms with Crippen molar-refractivity contribution in [2.75, 3.05) is 20.3 Å². The third-order valence-corrected chi connectivity index (χ3v) is 11.9. The van der Waals surface area contributed by atoms with E-state index in [4.69, 9.17) is 18.6 Å². The first-order valence-electron chi connectivity index (χ1n) is 11.3. The Morgan fingerprint density at radius 1 is 1.16 bits per heavy atom. The molecule has 1 aliphatic heterocycles. The maximum atomic E-state index is 11.9. The Morgan fingerprint density at radius 2 is 1.77 bits per heavy atom. The van der Waals surface area contributed by atoms with Crippen LogP contribution in [0.2, 0.25) is 18.1 Å². The molecule has 0 N–H and O–H groups in total. The second-order valence-electron chi connectivity index (χ2n) is 10.7. The Morgan fingerprint density at radius 3 is 2.29 bits per heavy atom. The monoisotopic (exact) mass is 450 g/mol. The number of benzene rings is 1. The molecule has 0 aliphatic carbocycles. The van der Waals surface area contributed by atoms with Crippen molar-refractivity contribution in [1.82, 2.24) is 0 Å². The van der Waals surface area contributed by atoms with E-state index in [1.165, 1.54) is 0 Å². The molecule has 1 aliphatic rings. The van der Waals surface area contributed by atoms with Gasteiger partial charge in [0, 0.05) is 18.4 Å². The van der Waals surface area contributed by atoms with Gasteiger partial charge in [-0.1, -0.05) is 46.8 Å². The zero-order valence-corrected chi connectivity index (χ0v) is 21.9. The van der Waals surface area contributed by atoms with Crippen molar-refractivity contribution >= 4 is 14.6 Å². The molecule has 1 heterocycles. The van der Waals surface area contributed by atoms with Gasteiger partial charge in [0.25, 0.3) is 0 Å². The predicted molar refractivity (Wildman–Crippen MR) is 127 cm³/mol. The van der Waals surface area contributed by atoms with Gasteiger partial charge in [-0.05, 0) is 48.7 Å². The van der Waals surface area contributed by atoms with Crippen LogP contribution in [0.25, 0.3) is 0 Å². The van der Waals surface area contributed by atoms with E-state index in [2.05, 4.69) is 54.6 Å². The van der Waals surface area contributed by atoms with Crippen LogP contribution < -0.4 is 4.74 Å². The Hall–Kier alpha value is -1.21. The van der Waals surface area contributed by atoms with E-state index in [-0.39, 0.29) is 34.5 Å². The highest BCUT2D eigenvalue weighted by Crippen LogP contribution is 2.49. The molecule has 176 valence electrons. The summed E-state index contributed by atoms with van der Waals surface area (Å²) in [6, 6.07) is 7.91. The van der Waals surface area contributed by atoms with Crippen LogP contribution in [0.15, 0.2) is 24.3 Å². The summed E-state index contributed by atoms with van der Waals surface area (Å²) in [4.78, 5) is 11.9. The molecule has 6 heteroatoms. The first-order valence-corrected chi connectivity index (χ1v) is 14.2. The number of hydrogen-bond acceptors (Lipinski definition) is 5. The lowest BCUT2D eigenvalue weighted by Crippen LogP contribution is -2.43. The fraction of sp³-hybridized carbons (Fsp3) is 0.720. The first kappa shape index (κ1) is 26.0. The average molecular weight is 451 g/mol. The lowest BCUT2D eigenvalue weighted by atomic mass is 9.80. The van der Waals surface area contributed by atoms with Gasteiger partial charge in [0.1, 0.15) is 12.0 Å². The van der Waals surface area contributed by atoms with E-state index in [0.717, 1.165) is 17.6 Å². The number of hydrogen-bond donors (Lipinski definition) is 0. The summed E-state index contributed by atoms with van der Waals surface area (Å²) in [6.07, 6.45) is 1.14. The molecule has 2 rings (SSSR count). The number of ether oxygens (including phenoxy) is 3. The normalized spacial score (nSPS) is 24.4. The van der Waals surface area contributed by atoms with Crippen molar-refractivity contribution in [3.8, 4) is 5.75 Å². The van der Waals surface area contributed by atoms with Crippen LogP contribution in [0.5, 0.6) is 5.75 Å². The van der Waals surface area contributed by atoms with Crippen LogP contribution in [-0.4, -0.2) is 46.6 Å². The molecule has 0 spiro atoms. The summed E-state index contributed by atoms with van der Waals surface area (Å²) in [5.74, 6) is 1.01. The Bertz CT molecular complexity index is 712. The fourth-order valence-electron chi connectivity index (χ4n) is 3.71. The maximum Gasteiger partial charge on any atom is 0.192 e. The molecule has 5 nitrogen and oxygen atoms in total. The average Bonchev–Trinajstić information content (AvgIpc) is 3.41.